The van der Waals surface area contributed by atoms with Crippen molar-refractivity contribution in [3.63, 3.8) is 0 Å². The average Bonchev–Trinajstić information content (AvgIpc) is 2.49. The highest BCUT2D eigenvalue weighted by molar-refractivity contribution is 6.09. The second-order valence-electron chi connectivity index (χ2n) is 5.35. The van der Waals surface area contributed by atoms with Crippen molar-refractivity contribution in [2.45, 2.75) is 19.8 Å². The van der Waals surface area contributed by atoms with E-state index in [9.17, 15) is 9.59 Å². The molecule has 106 valence electrons. The van der Waals surface area contributed by atoms with Crippen LogP contribution >= 0.6 is 0 Å². The minimum absolute atomic E-state index is 0.0456. The number of carbonyl (C=O) groups is 2. The molecule has 1 aliphatic heterocycles. The van der Waals surface area contributed by atoms with Crippen molar-refractivity contribution < 1.29 is 9.59 Å². The Kier molecular flexibility index (Phi) is 3.57. The van der Waals surface area contributed by atoms with Crippen molar-refractivity contribution >= 4 is 17.4 Å². The lowest BCUT2D eigenvalue weighted by Crippen LogP contribution is -2.38. The number of carbonyl (C=O) groups excluding carboxylic acids is 2. The van der Waals surface area contributed by atoms with Gasteiger partial charge in [-0.1, -0.05) is 42.5 Å². The van der Waals surface area contributed by atoms with Crippen LogP contribution in [0.2, 0.25) is 0 Å². The summed E-state index contributed by atoms with van der Waals surface area (Å²) in [7, 11) is 0. The predicted molar refractivity (Wildman–Crippen MR) is 82.6 cm³/mol. The van der Waals surface area contributed by atoms with Crippen LogP contribution in [0.25, 0.3) is 0 Å². The number of ketones is 1. The van der Waals surface area contributed by atoms with E-state index in [1.807, 2.05) is 55.5 Å². The number of hydrogen-bond donors (Lipinski definition) is 0. The van der Waals surface area contributed by atoms with Crippen molar-refractivity contribution in [1.82, 2.24) is 0 Å². The normalized spacial score (nSPS) is 14.0. The highest BCUT2D eigenvalue weighted by Gasteiger charge is 2.28. The van der Waals surface area contributed by atoms with Gasteiger partial charge >= 0.3 is 0 Å². The SMILES string of the molecule is Cc1cccc2c1N(C(=O)Cc1ccccc1)CCC2=O. The van der Waals surface area contributed by atoms with Crippen molar-refractivity contribution in [2.75, 3.05) is 11.4 Å². The van der Waals surface area contributed by atoms with Crippen LogP contribution in [-0.4, -0.2) is 18.2 Å². The Hall–Kier alpha value is -2.42. The highest BCUT2D eigenvalue weighted by Crippen LogP contribution is 2.30. The van der Waals surface area contributed by atoms with Crippen molar-refractivity contribution in [2.24, 2.45) is 0 Å². The Morgan fingerprint density at radius 3 is 2.62 bits per heavy atom. The number of benzene rings is 2. The first-order chi connectivity index (χ1) is 10.2. The maximum Gasteiger partial charge on any atom is 0.231 e. The fourth-order valence-corrected chi connectivity index (χ4v) is 2.82. The zero-order valence-corrected chi connectivity index (χ0v) is 12.0. The van der Waals surface area contributed by atoms with E-state index in [0.717, 1.165) is 16.8 Å². The van der Waals surface area contributed by atoms with Crippen LogP contribution in [0.15, 0.2) is 48.5 Å². The number of amides is 1. The van der Waals surface area contributed by atoms with E-state index in [-0.39, 0.29) is 11.7 Å². The molecule has 0 radical (unpaired) electrons. The Morgan fingerprint density at radius 1 is 1.10 bits per heavy atom. The van der Waals surface area contributed by atoms with E-state index < -0.39 is 0 Å². The first-order valence-electron chi connectivity index (χ1n) is 7.14. The fraction of sp³-hybridized carbons (Fsp3) is 0.222. The molecule has 0 unspecified atom stereocenters. The zero-order valence-electron chi connectivity index (χ0n) is 12.0. The smallest absolute Gasteiger partial charge is 0.231 e. The van der Waals surface area contributed by atoms with Gasteiger partial charge in [-0.25, -0.2) is 0 Å². The number of nitrogens with zero attached hydrogens (tertiary/aromatic N) is 1. The average molecular weight is 279 g/mol. The van der Waals surface area contributed by atoms with Gasteiger partial charge in [-0.05, 0) is 24.1 Å². The predicted octanol–water partition coefficient (Wildman–Crippen LogP) is 3.16. The van der Waals surface area contributed by atoms with E-state index in [4.69, 9.17) is 0 Å². The molecule has 1 heterocycles. The van der Waals surface area contributed by atoms with Gasteiger partial charge < -0.3 is 4.90 Å². The summed E-state index contributed by atoms with van der Waals surface area (Å²) in [6.45, 7) is 2.42. The summed E-state index contributed by atoms with van der Waals surface area (Å²) < 4.78 is 0. The lowest BCUT2D eigenvalue weighted by molar-refractivity contribution is -0.118. The third-order valence-corrected chi connectivity index (χ3v) is 3.87. The van der Waals surface area contributed by atoms with Gasteiger partial charge in [0.2, 0.25) is 5.91 Å². The summed E-state index contributed by atoms with van der Waals surface area (Å²) in [6, 6.07) is 15.3. The second-order valence-corrected chi connectivity index (χ2v) is 5.35. The van der Waals surface area contributed by atoms with Gasteiger partial charge in [0.15, 0.2) is 5.78 Å². The van der Waals surface area contributed by atoms with Gasteiger partial charge in [-0.2, -0.15) is 0 Å². The van der Waals surface area contributed by atoms with Crippen LogP contribution in [0.5, 0.6) is 0 Å². The molecular weight excluding hydrogens is 262 g/mol. The molecule has 0 aromatic heterocycles. The highest BCUT2D eigenvalue weighted by atomic mass is 16.2. The van der Waals surface area contributed by atoms with Crippen LogP contribution in [0.4, 0.5) is 5.69 Å². The van der Waals surface area contributed by atoms with Gasteiger partial charge in [0.05, 0.1) is 12.1 Å². The molecule has 0 bridgehead atoms. The monoisotopic (exact) mass is 279 g/mol. The molecule has 21 heavy (non-hydrogen) atoms. The molecule has 3 rings (SSSR count). The van der Waals surface area contributed by atoms with Gasteiger partial charge in [0.25, 0.3) is 0 Å². The zero-order chi connectivity index (χ0) is 14.8. The largest absolute Gasteiger partial charge is 0.311 e. The fourth-order valence-electron chi connectivity index (χ4n) is 2.82. The molecule has 0 N–H and O–H groups in total. The van der Waals surface area contributed by atoms with Crippen LogP contribution < -0.4 is 4.90 Å². The molecule has 0 aliphatic carbocycles. The number of hydrogen-bond acceptors (Lipinski definition) is 2. The standard InChI is InChI=1S/C18H17NO2/c1-13-6-5-9-15-16(20)10-11-19(18(13)15)17(21)12-14-7-3-2-4-8-14/h2-9H,10-12H2,1H3. The Morgan fingerprint density at radius 2 is 1.86 bits per heavy atom. The van der Waals surface area contributed by atoms with E-state index in [0.29, 0.717) is 24.9 Å². The van der Waals surface area contributed by atoms with Gasteiger partial charge in [0, 0.05) is 18.5 Å². The van der Waals surface area contributed by atoms with Gasteiger partial charge in [-0.15, -0.1) is 0 Å². The molecule has 1 amide bonds. The van der Waals surface area contributed by atoms with Gasteiger partial charge in [0.1, 0.15) is 0 Å². The molecular formula is C18H17NO2. The van der Waals surface area contributed by atoms with E-state index >= 15 is 0 Å². The Balaban J connectivity index is 1.92. The Labute approximate surface area is 124 Å². The molecule has 1 aliphatic rings. The maximum absolute atomic E-state index is 12.6. The number of rotatable bonds is 2. The molecule has 0 atom stereocenters. The van der Waals surface area contributed by atoms with Crippen LogP contribution in [-0.2, 0) is 11.2 Å². The summed E-state index contributed by atoms with van der Waals surface area (Å²) >= 11 is 0. The molecule has 2 aromatic rings. The van der Waals surface area contributed by atoms with Gasteiger partial charge in [-0.3, -0.25) is 9.59 Å². The topological polar surface area (TPSA) is 37.4 Å². The molecule has 0 spiro atoms. The molecule has 3 heteroatoms. The molecule has 3 nitrogen and oxygen atoms in total. The summed E-state index contributed by atoms with van der Waals surface area (Å²) in [4.78, 5) is 26.4. The van der Waals surface area contributed by atoms with Crippen LogP contribution in [0, 0.1) is 6.92 Å². The van der Waals surface area contributed by atoms with Crippen LogP contribution in [0.1, 0.15) is 27.9 Å². The maximum atomic E-state index is 12.6. The van der Waals surface area contributed by atoms with E-state index in [1.165, 1.54) is 0 Å². The first kappa shape index (κ1) is 13.6. The second kappa shape index (κ2) is 5.52. The quantitative estimate of drug-likeness (QED) is 0.846. The lowest BCUT2D eigenvalue weighted by atomic mass is 9.96. The number of Topliss-reactive ketones (excluding diaryl/α,β-unsaturated/α-hetero) is 1. The summed E-state index contributed by atoms with van der Waals surface area (Å²) in [5.41, 5.74) is 3.42. The number of para-hydroxylation sites is 1. The summed E-state index contributed by atoms with van der Waals surface area (Å²) in [6.07, 6.45) is 0.764. The minimum Gasteiger partial charge on any atom is -0.311 e. The van der Waals surface area contributed by atoms with Crippen LogP contribution in [0.3, 0.4) is 0 Å². The molecule has 2 aromatic carbocycles. The summed E-state index contributed by atoms with van der Waals surface area (Å²) in [5, 5.41) is 0. The minimum atomic E-state index is 0.0456. The van der Waals surface area contributed by atoms with E-state index in [2.05, 4.69) is 0 Å². The number of fused-ring (bicyclic) bond motifs is 1. The third-order valence-electron chi connectivity index (χ3n) is 3.87. The lowest BCUT2D eigenvalue weighted by Gasteiger charge is -2.30. The van der Waals surface area contributed by atoms with E-state index in [1.54, 1.807) is 4.90 Å². The summed E-state index contributed by atoms with van der Waals surface area (Å²) in [5.74, 6) is 0.168. The Bertz CT molecular complexity index is 692. The molecule has 0 saturated heterocycles. The number of aryl methyl sites for hydroxylation is 1. The molecule has 0 saturated carbocycles. The van der Waals surface area contributed by atoms with Crippen molar-refractivity contribution in [3.05, 3.63) is 65.2 Å². The first-order valence-corrected chi connectivity index (χ1v) is 7.14. The molecule has 0 fully saturated rings. The number of anilines is 1. The van der Waals surface area contributed by atoms with Crippen molar-refractivity contribution in [3.8, 4) is 0 Å². The third kappa shape index (κ3) is 2.59. The van der Waals surface area contributed by atoms with Crippen molar-refractivity contribution in [1.29, 1.82) is 0 Å².